The molecule has 0 fully saturated rings. The van der Waals surface area contributed by atoms with E-state index in [1.807, 2.05) is 20.8 Å². The van der Waals surface area contributed by atoms with Crippen LogP contribution in [0.15, 0.2) is 12.1 Å². The van der Waals surface area contributed by atoms with Crippen LogP contribution in [0.2, 0.25) is 0 Å². The predicted octanol–water partition coefficient (Wildman–Crippen LogP) is 3.28. The maximum absolute atomic E-state index is 13.6. The van der Waals surface area contributed by atoms with Gasteiger partial charge in [-0.25, -0.2) is 9.18 Å². The van der Waals surface area contributed by atoms with Crippen molar-refractivity contribution >= 4 is 17.3 Å². The number of benzene rings is 1. The van der Waals surface area contributed by atoms with E-state index in [2.05, 4.69) is 5.32 Å². The molecule has 0 aliphatic carbocycles. The lowest BCUT2D eigenvalue weighted by molar-refractivity contribution is -0.384. The average molecular weight is 284 g/mol. The Balaban J connectivity index is 3.16. The van der Waals surface area contributed by atoms with Crippen molar-refractivity contribution in [2.75, 3.05) is 11.9 Å². The maximum Gasteiger partial charge on any atom is 0.338 e. The summed E-state index contributed by atoms with van der Waals surface area (Å²) >= 11 is 0. The molecular weight excluding hydrogens is 267 g/mol. The smallest absolute Gasteiger partial charge is 0.338 e. The van der Waals surface area contributed by atoms with Gasteiger partial charge in [0.2, 0.25) is 0 Å². The summed E-state index contributed by atoms with van der Waals surface area (Å²) in [6.07, 6.45) is 0.837. The molecule has 7 heteroatoms. The van der Waals surface area contributed by atoms with E-state index in [-0.39, 0.29) is 11.1 Å². The monoisotopic (exact) mass is 284 g/mol. The number of hydrogen-bond acceptors (Lipinski definition) is 4. The minimum absolute atomic E-state index is 0.0148. The molecule has 2 N–H and O–H groups in total. The van der Waals surface area contributed by atoms with Gasteiger partial charge >= 0.3 is 5.97 Å². The second-order valence-corrected chi connectivity index (χ2v) is 5.28. The number of aromatic carboxylic acids is 1. The van der Waals surface area contributed by atoms with Gasteiger partial charge in [0.25, 0.3) is 5.69 Å². The molecule has 1 rings (SSSR count). The van der Waals surface area contributed by atoms with Crippen molar-refractivity contribution in [1.82, 2.24) is 0 Å². The van der Waals surface area contributed by atoms with Crippen molar-refractivity contribution in [3.63, 3.8) is 0 Å². The number of carboxylic acid groups (broad SMARTS) is 1. The number of carboxylic acids is 1. The van der Waals surface area contributed by atoms with Gasteiger partial charge in [0.1, 0.15) is 17.1 Å². The molecule has 20 heavy (non-hydrogen) atoms. The minimum atomic E-state index is -1.54. The number of halogens is 1. The Kier molecular flexibility index (Phi) is 4.65. The summed E-state index contributed by atoms with van der Waals surface area (Å²) in [4.78, 5) is 21.0. The third-order valence-corrected chi connectivity index (χ3v) is 3.23. The number of carbonyl (C=O) groups is 1. The van der Waals surface area contributed by atoms with Gasteiger partial charge in [0.15, 0.2) is 0 Å². The molecule has 0 bridgehead atoms. The van der Waals surface area contributed by atoms with E-state index in [9.17, 15) is 19.3 Å². The zero-order valence-electron chi connectivity index (χ0n) is 11.6. The van der Waals surface area contributed by atoms with E-state index in [1.54, 1.807) is 0 Å². The second-order valence-electron chi connectivity index (χ2n) is 5.28. The van der Waals surface area contributed by atoms with Crippen LogP contribution in [0, 0.1) is 21.3 Å². The highest BCUT2D eigenvalue weighted by molar-refractivity contribution is 5.90. The number of nitrogens with one attached hydrogen (secondary N) is 1. The Hall–Kier alpha value is -2.18. The quantitative estimate of drug-likeness (QED) is 0.617. The topological polar surface area (TPSA) is 92.5 Å². The molecule has 0 spiro atoms. The molecular formula is C13H17FN2O4. The summed E-state index contributed by atoms with van der Waals surface area (Å²) < 4.78 is 13.6. The van der Waals surface area contributed by atoms with E-state index in [4.69, 9.17) is 5.11 Å². The van der Waals surface area contributed by atoms with E-state index >= 15 is 0 Å². The van der Waals surface area contributed by atoms with Gasteiger partial charge in [-0.15, -0.1) is 0 Å². The van der Waals surface area contributed by atoms with E-state index in [0.717, 1.165) is 18.6 Å². The summed E-state index contributed by atoms with van der Waals surface area (Å²) in [6.45, 7) is 6.32. The predicted molar refractivity (Wildman–Crippen MR) is 72.6 cm³/mol. The molecule has 0 atom stereocenters. The van der Waals surface area contributed by atoms with E-state index in [1.165, 1.54) is 0 Å². The summed E-state index contributed by atoms with van der Waals surface area (Å²) in [6, 6.07) is 1.59. The maximum atomic E-state index is 13.6. The summed E-state index contributed by atoms with van der Waals surface area (Å²) in [7, 11) is 0. The fourth-order valence-corrected chi connectivity index (χ4v) is 1.48. The van der Waals surface area contributed by atoms with Crippen LogP contribution < -0.4 is 5.32 Å². The highest BCUT2D eigenvalue weighted by Gasteiger charge is 2.23. The molecule has 6 nitrogen and oxygen atoms in total. The Labute approximate surface area is 115 Å². The fraction of sp³-hybridized carbons (Fsp3) is 0.462. The molecule has 0 heterocycles. The summed E-state index contributed by atoms with van der Waals surface area (Å²) in [5.74, 6) is -2.54. The normalized spacial score (nSPS) is 11.2. The largest absolute Gasteiger partial charge is 0.478 e. The van der Waals surface area contributed by atoms with Crippen LogP contribution in [0.1, 0.15) is 37.6 Å². The van der Waals surface area contributed by atoms with Crippen LogP contribution in [-0.2, 0) is 0 Å². The summed E-state index contributed by atoms with van der Waals surface area (Å²) in [5.41, 5.74) is -1.29. The highest BCUT2D eigenvalue weighted by atomic mass is 19.1. The van der Waals surface area contributed by atoms with Crippen molar-refractivity contribution < 1.29 is 19.2 Å². The van der Waals surface area contributed by atoms with Crippen LogP contribution >= 0.6 is 0 Å². The first-order chi connectivity index (χ1) is 9.18. The second kappa shape index (κ2) is 5.85. The van der Waals surface area contributed by atoms with Gasteiger partial charge < -0.3 is 10.4 Å². The first kappa shape index (κ1) is 15.9. The first-order valence-electron chi connectivity index (χ1n) is 6.13. The SMILES string of the molecule is CCC(C)(C)CNc1cc(F)c(C(=O)O)cc1[N+](=O)[O-]. The molecule has 1 aromatic rings. The van der Waals surface area contributed by atoms with Gasteiger partial charge in [-0.05, 0) is 11.8 Å². The molecule has 0 aliphatic rings. The van der Waals surface area contributed by atoms with E-state index < -0.39 is 28.0 Å². The zero-order chi connectivity index (χ0) is 15.5. The molecule has 0 saturated heterocycles. The van der Waals surface area contributed by atoms with Crippen LogP contribution in [0.5, 0.6) is 0 Å². The number of anilines is 1. The zero-order valence-corrected chi connectivity index (χ0v) is 11.6. The van der Waals surface area contributed by atoms with Gasteiger partial charge in [-0.3, -0.25) is 10.1 Å². The molecule has 0 unspecified atom stereocenters. The standard InChI is InChI=1S/C13H17FN2O4/c1-4-13(2,3)7-15-10-6-9(14)8(12(17)18)5-11(10)16(19)20/h5-6,15H,4,7H2,1-3H3,(H,17,18). The van der Waals surface area contributed by atoms with Gasteiger partial charge in [0.05, 0.1) is 4.92 Å². The van der Waals surface area contributed by atoms with Crippen molar-refractivity contribution in [2.45, 2.75) is 27.2 Å². The number of nitro groups is 1. The Morgan fingerprint density at radius 3 is 2.55 bits per heavy atom. The average Bonchev–Trinajstić information content (AvgIpc) is 2.35. The lowest BCUT2D eigenvalue weighted by Crippen LogP contribution is -2.22. The number of hydrogen-bond donors (Lipinski definition) is 2. The lowest BCUT2D eigenvalue weighted by atomic mass is 9.90. The van der Waals surface area contributed by atoms with Crippen molar-refractivity contribution in [3.8, 4) is 0 Å². The third kappa shape index (κ3) is 3.66. The van der Waals surface area contributed by atoms with E-state index in [0.29, 0.717) is 6.54 Å². The third-order valence-electron chi connectivity index (χ3n) is 3.23. The van der Waals surface area contributed by atoms with Gasteiger partial charge in [-0.2, -0.15) is 0 Å². The number of rotatable bonds is 6. The molecule has 0 saturated carbocycles. The molecule has 1 aromatic carbocycles. The highest BCUT2D eigenvalue weighted by Crippen LogP contribution is 2.29. The van der Waals surface area contributed by atoms with Crippen molar-refractivity contribution in [2.24, 2.45) is 5.41 Å². The van der Waals surface area contributed by atoms with Crippen LogP contribution in [0.4, 0.5) is 15.8 Å². The number of nitrogens with zero attached hydrogens (tertiary/aromatic N) is 1. The molecule has 110 valence electrons. The molecule has 0 amide bonds. The Bertz CT molecular complexity index is 543. The molecule has 0 radical (unpaired) electrons. The molecule has 0 aliphatic heterocycles. The Morgan fingerprint density at radius 2 is 2.10 bits per heavy atom. The van der Waals surface area contributed by atoms with Gasteiger partial charge in [0, 0.05) is 18.7 Å². The molecule has 0 aromatic heterocycles. The fourth-order valence-electron chi connectivity index (χ4n) is 1.48. The minimum Gasteiger partial charge on any atom is -0.478 e. The van der Waals surface area contributed by atoms with Crippen molar-refractivity contribution in [1.29, 1.82) is 0 Å². The van der Waals surface area contributed by atoms with Crippen LogP contribution in [0.25, 0.3) is 0 Å². The van der Waals surface area contributed by atoms with Crippen molar-refractivity contribution in [3.05, 3.63) is 33.6 Å². The van der Waals surface area contributed by atoms with Crippen LogP contribution in [-0.4, -0.2) is 22.5 Å². The summed E-state index contributed by atoms with van der Waals surface area (Å²) in [5, 5.41) is 22.5. The number of nitro benzene ring substituents is 1. The van der Waals surface area contributed by atoms with Gasteiger partial charge in [-0.1, -0.05) is 20.8 Å². The first-order valence-corrected chi connectivity index (χ1v) is 6.13. The lowest BCUT2D eigenvalue weighted by Gasteiger charge is -2.23. The Morgan fingerprint density at radius 1 is 1.50 bits per heavy atom. The van der Waals surface area contributed by atoms with Crippen LogP contribution in [0.3, 0.4) is 0 Å².